The Kier molecular flexibility index (Phi) is 5.13. The first-order chi connectivity index (χ1) is 13.2. The van der Waals surface area contributed by atoms with E-state index in [0.717, 1.165) is 25.7 Å². The molecule has 1 N–H and O–H groups in total. The van der Waals surface area contributed by atoms with Gasteiger partial charge >= 0.3 is 0 Å². The number of benzene rings is 1. The summed E-state index contributed by atoms with van der Waals surface area (Å²) < 4.78 is 17.9. The summed E-state index contributed by atoms with van der Waals surface area (Å²) in [5.74, 6) is 0.423. The third-order valence-electron chi connectivity index (χ3n) is 5.28. The molecule has 2 aromatic rings. The van der Waals surface area contributed by atoms with Crippen molar-refractivity contribution in [3.05, 3.63) is 40.2 Å². The lowest BCUT2D eigenvalue weighted by atomic mass is 10.1. The molecular formula is C20H24N2O5. The number of ether oxygens (including phenoxy) is 3. The van der Waals surface area contributed by atoms with E-state index >= 15 is 0 Å². The van der Waals surface area contributed by atoms with Crippen LogP contribution in [0.1, 0.15) is 36.0 Å². The Bertz CT molecular complexity index is 895. The van der Waals surface area contributed by atoms with Gasteiger partial charge in [0.1, 0.15) is 5.75 Å². The van der Waals surface area contributed by atoms with E-state index in [2.05, 4.69) is 5.32 Å². The minimum atomic E-state index is -0.463. The topological polar surface area (TPSA) is 78.8 Å². The number of pyridine rings is 1. The number of carbonyl (C=O) groups excluding carboxylic acids is 1. The number of hydrogen-bond donors (Lipinski definition) is 1. The Morgan fingerprint density at radius 2 is 1.96 bits per heavy atom. The van der Waals surface area contributed by atoms with Crippen molar-refractivity contribution in [1.82, 2.24) is 9.88 Å². The largest absolute Gasteiger partial charge is 0.497 e. The summed E-state index contributed by atoms with van der Waals surface area (Å²) in [7, 11) is 1.57. The monoisotopic (exact) mass is 372 g/mol. The second kappa shape index (κ2) is 7.70. The summed E-state index contributed by atoms with van der Waals surface area (Å²) in [6, 6.07) is 7.00. The van der Waals surface area contributed by atoms with E-state index in [1.165, 1.54) is 6.07 Å². The van der Waals surface area contributed by atoms with E-state index in [-0.39, 0.29) is 24.1 Å². The summed E-state index contributed by atoms with van der Waals surface area (Å²) in [5.41, 5.74) is 0.776. The molecule has 7 nitrogen and oxygen atoms in total. The van der Waals surface area contributed by atoms with Crippen LogP contribution >= 0.6 is 0 Å². The third kappa shape index (κ3) is 3.70. The normalized spacial score (nSPS) is 18.3. The molecule has 0 unspecified atom stereocenters. The molecule has 4 rings (SSSR count). The summed E-state index contributed by atoms with van der Waals surface area (Å²) in [4.78, 5) is 25.7. The Hall–Kier alpha value is -2.38. The summed E-state index contributed by atoms with van der Waals surface area (Å²) in [6.45, 7) is 1.30. The van der Waals surface area contributed by atoms with Crippen LogP contribution in [0, 0.1) is 0 Å². The van der Waals surface area contributed by atoms with Crippen LogP contribution < -0.4 is 15.6 Å². The molecule has 27 heavy (non-hydrogen) atoms. The second-order valence-corrected chi connectivity index (χ2v) is 7.02. The molecule has 0 bridgehead atoms. The lowest BCUT2D eigenvalue weighted by Crippen LogP contribution is -2.34. The number of nitrogens with one attached hydrogen (secondary N) is 1. The maximum atomic E-state index is 12.8. The molecule has 1 aromatic carbocycles. The van der Waals surface area contributed by atoms with E-state index in [0.29, 0.717) is 35.4 Å². The molecule has 1 aliphatic carbocycles. The van der Waals surface area contributed by atoms with Gasteiger partial charge in [-0.1, -0.05) is 12.8 Å². The van der Waals surface area contributed by atoms with Gasteiger partial charge in [-0.3, -0.25) is 9.59 Å². The van der Waals surface area contributed by atoms with Crippen molar-refractivity contribution in [3.8, 4) is 5.75 Å². The summed E-state index contributed by atoms with van der Waals surface area (Å²) >= 11 is 0. The molecular weight excluding hydrogens is 348 g/mol. The zero-order chi connectivity index (χ0) is 18.8. The fourth-order valence-corrected chi connectivity index (χ4v) is 3.86. The van der Waals surface area contributed by atoms with Crippen LogP contribution in [-0.4, -0.2) is 43.1 Å². The van der Waals surface area contributed by atoms with Gasteiger partial charge < -0.3 is 24.1 Å². The van der Waals surface area contributed by atoms with Crippen LogP contribution in [0.25, 0.3) is 10.9 Å². The number of fused-ring (bicyclic) bond motifs is 1. The third-order valence-corrected chi connectivity index (χ3v) is 5.28. The highest BCUT2D eigenvalue weighted by atomic mass is 16.7. The van der Waals surface area contributed by atoms with Crippen LogP contribution in [0.3, 0.4) is 0 Å². The quantitative estimate of drug-likeness (QED) is 0.869. The lowest BCUT2D eigenvalue weighted by molar-refractivity contribution is -0.0522. The number of hydrogen-bond acceptors (Lipinski definition) is 5. The van der Waals surface area contributed by atoms with Crippen molar-refractivity contribution >= 4 is 16.8 Å². The van der Waals surface area contributed by atoms with Crippen LogP contribution in [0.2, 0.25) is 0 Å². The predicted octanol–water partition coefficient (Wildman–Crippen LogP) is 2.06. The minimum Gasteiger partial charge on any atom is -0.497 e. The first kappa shape index (κ1) is 18.0. The number of rotatable bonds is 5. The molecule has 0 radical (unpaired) electrons. The van der Waals surface area contributed by atoms with Crippen molar-refractivity contribution in [2.45, 2.75) is 44.6 Å². The molecule has 7 heteroatoms. The molecule has 1 saturated carbocycles. The summed E-state index contributed by atoms with van der Waals surface area (Å²) in [5, 5.41) is 3.78. The van der Waals surface area contributed by atoms with Crippen LogP contribution in [-0.2, 0) is 16.0 Å². The highest BCUT2D eigenvalue weighted by Gasteiger charge is 2.23. The van der Waals surface area contributed by atoms with Crippen molar-refractivity contribution < 1.29 is 19.0 Å². The van der Waals surface area contributed by atoms with E-state index in [1.54, 1.807) is 23.8 Å². The van der Waals surface area contributed by atoms with E-state index < -0.39 is 6.29 Å². The Labute approximate surface area is 157 Å². The minimum absolute atomic E-state index is 0.188. The van der Waals surface area contributed by atoms with Gasteiger partial charge in [0.15, 0.2) is 6.29 Å². The zero-order valence-corrected chi connectivity index (χ0v) is 15.4. The van der Waals surface area contributed by atoms with E-state index in [9.17, 15) is 9.59 Å². The highest BCUT2D eigenvalue weighted by Crippen LogP contribution is 2.25. The SMILES string of the molecule is COc1ccc2c(C(=O)NC3CCCC3)cc(=O)n(CC3OCCO3)c2c1. The van der Waals surface area contributed by atoms with Crippen molar-refractivity contribution in [2.75, 3.05) is 20.3 Å². The van der Waals surface area contributed by atoms with Crippen molar-refractivity contribution in [3.63, 3.8) is 0 Å². The smallest absolute Gasteiger partial charge is 0.252 e. The molecule has 1 saturated heterocycles. The van der Waals surface area contributed by atoms with Gasteiger partial charge in [-0.2, -0.15) is 0 Å². The average molecular weight is 372 g/mol. The standard InChI is InChI=1S/C20H24N2O5/c1-25-14-6-7-15-16(20(24)21-13-4-2-3-5-13)11-18(23)22(17(15)10-14)12-19-26-8-9-27-19/h6-7,10-11,13,19H,2-5,8-9,12H2,1H3,(H,21,24). The molecule has 1 aromatic heterocycles. The van der Waals surface area contributed by atoms with E-state index in [1.807, 2.05) is 6.07 Å². The Morgan fingerprint density at radius 1 is 1.22 bits per heavy atom. The Morgan fingerprint density at radius 3 is 2.67 bits per heavy atom. The molecule has 0 atom stereocenters. The van der Waals surface area contributed by atoms with Crippen LogP contribution in [0.15, 0.2) is 29.1 Å². The van der Waals surface area contributed by atoms with Crippen LogP contribution in [0.4, 0.5) is 0 Å². The summed E-state index contributed by atoms with van der Waals surface area (Å²) in [6.07, 6.45) is 3.78. The zero-order valence-electron chi connectivity index (χ0n) is 15.4. The second-order valence-electron chi connectivity index (χ2n) is 7.02. The average Bonchev–Trinajstić information content (AvgIpc) is 3.37. The molecule has 144 valence electrons. The highest BCUT2D eigenvalue weighted by molar-refractivity contribution is 6.06. The first-order valence-electron chi connectivity index (χ1n) is 9.41. The fourth-order valence-electron chi connectivity index (χ4n) is 3.86. The van der Waals surface area contributed by atoms with Crippen molar-refractivity contribution in [2.24, 2.45) is 0 Å². The van der Waals surface area contributed by atoms with Gasteiger partial charge in [0.25, 0.3) is 11.5 Å². The maximum absolute atomic E-state index is 12.8. The number of amides is 1. The number of aromatic nitrogens is 1. The van der Waals surface area contributed by atoms with Gasteiger partial charge in [0.05, 0.1) is 37.9 Å². The Balaban J connectivity index is 1.75. The maximum Gasteiger partial charge on any atom is 0.252 e. The molecule has 0 spiro atoms. The molecule has 1 aliphatic heterocycles. The molecule has 2 fully saturated rings. The van der Waals surface area contributed by atoms with Gasteiger partial charge in [0, 0.05) is 23.6 Å². The molecule has 1 amide bonds. The van der Waals surface area contributed by atoms with E-state index in [4.69, 9.17) is 14.2 Å². The fraction of sp³-hybridized carbons (Fsp3) is 0.500. The van der Waals surface area contributed by atoms with Crippen LogP contribution in [0.5, 0.6) is 5.75 Å². The number of methoxy groups -OCH3 is 1. The molecule has 2 heterocycles. The van der Waals surface area contributed by atoms with Gasteiger partial charge in [-0.25, -0.2) is 0 Å². The number of carbonyl (C=O) groups is 1. The van der Waals surface area contributed by atoms with Crippen molar-refractivity contribution in [1.29, 1.82) is 0 Å². The molecule has 2 aliphatic rings. The number of nitrogens with zero attached hydrogens (tertiary/aromatic N) is 1. The first-order valence-corrected chi connectivity index (χ1v) is 9.41. The van der Waals surface area contributed by atoms with Gasteiger partial charge in [0.2, 0.25) is 0 Å². The van der Waals surface area contributed by atoms with Gasteiger partial charge in [-0.15, -0.1) is 0 Å². The predicted molar refractivity (Wildman–Crippen MR) is 100 cm³/mol. The lowest BCUT2D eigenvalue weighted by Gasteiger charge is -2.18. The van der Waals surface area contributed by atoms with Gasteiger partial charge in [-0.05, 0) is 25.0 Å².